The van der Waals surface area contributed by atoms with Crippen LogP contribution in [0.3, 0.4) is 0 Å². The highest BCUT2D eigenvalue weighted by atomic mass is 19.1. The Balaban J connectivity index is 2.83. The fourth-order valence-corrected chi connectivity index (χ4v) is 1.12. The Kier molecular flexibility index (Phi) is 3.14. The third kappa shape index (κ3) is 2.63. The molecule has 0 radical (unpaired) electrons. The average Bonchev–Trinajstić information content (AvgIpc) is 2.09. The molecule has 70 valence electrons. The summed E-state index contributed by atoms with van der Waals surface area (Å²) in [6, 6.07) is 4.29. The summed E-state index contributed by atoms with van der Waals surface area (Å²) in [6.07, 6.45) is 0.884. The Morgan fingerprint density at radius 2 is 2.31 bits per heavy atom. The molecule has 0 bridgehead atoms. The molecule has 0 spiro atoms. The van der Waals surface area contributed by atoms with Gasteiger partial charge in [-0.15, -0.1) is 0 Å². The lowest BCUT2D eigenvalue weighted by Gasteiger charge is -2.05. The van der Waals surface area contributed by atoms with Crippen LogP contribution in [0, 0.1) is 12.7 Å². The van der Waals surface area contributed by atoms with E-state index in [0.717, 1.165) is 5.56 Å². The van der Waals surface area contributed by atoms with E-state index >= 15 is 0 Å². The van der Waals surface area contributed by atoms with Crippen LogP contribution in [0.4, 0.5) is 4.39 Å². The van der Waals surface area contributed by atoms with Crippen molar-refractivity contribution in [1.29, 1.82) is 0 Å². The van der Waals surface area contributed by atoms with Gasteiger partial charge in [-0.2, -0.15) is 0 Å². The van der Waals surface area contributed by atoms with Gasteiger partial charge >= 0.3 is 0 Å². The van der Waals surface area contributed by atoms with E-state index in [1.807, 2.05) is 6.92 Å². The zero-order valence-electron chi connectivity index (χ0n) is 7.46. The maximum atomic E-state index is 13.2. The van der Waals surface area contributed by atoms with E-state index in [1.165, 1.54) is 6.07 Å². The van der Waals surface area contributed by atoms with Crippen LogP contribution in [-0.2, 0) is 11.2 Å². The van der Waals surface area contributed by atoms with Gasteiger partial charge in [0.1, 0.15) is 12.1 Å². The van der Waals surface area contributed by atoms with E-state index in [1.54, 1.807) is 12.1 Å². The first kappa shape index (κ1) is 9.86. The average molecular weight is 181 g/mol. The molecule has 13 heavy (non-hydrogen) atoms. The van der Waals surface area contributed by atoms with Crippen LogP contribution < -0.4 is 5.73 Å². The smallest absolute Gasteiger partial charge is 0.137 e. The van der Waals surface area contributed by atoms with Crippen LogP contribution >= 0.6 is 0 Å². The number of benzene rings is 1. The van der Waals surface area contributed by atoms with Crippen LogP contribution in [-0.4, -0.2) is 12.3 Å². The highest BCUT2D eigenvalue weighted by Crippen LogP contribution is 2.10. The monoisotopic (exact) mass is 181 g/mol. The standard InChI is InChI=1S/C10H12FNO/c1-7-2-3-8(10(11)4-7)5-9(12)6-13/h2-4,6,9H,5,12H2,1H3. The topological polar surface area (TPSA) is 43.1 Å². The molecule has 0 aliphatic carbocycles. The molecule has 3 heteroatoms. The van der Waals surface area contributed by atoms with Gasteiger partial charge in [0.15, 0.2) is 0 Å². The number of carbonyl (C=O) groups is 1. The quantitative estimate of drug-likeness (QED) is 0.712. The van der Waals surface area contributed by atoms with Crippen molar-refractivity contribution in [3.8, 4) is 0 Å². The fourth-order valence-electron chi connectivity index (χ4n) is 1.12. The number of halogens is 1. The Hall–Kier alpha value is -1.22. The molecule has 1 unspecified atom stereocenters. The summed E-state index contributed by atoms with van der Waals surface area (Å²) in [4.78, 5) is 10.2. The minimum absolute atomic E-state index is 0.260. The lowest BCUT2D eigenvalue weighted by Crippen LogP contribution is -2.24. The van der Waals surface area contributed by atoms with E-state index < -0.39 is 6.04 Å². The number of nitrogens with two attached hydrogens (primary N) is 1. The normalized spacial score (nSPS) is 12.5. The first-order chi connectivity index (χ1) is 6.13. The predicted octanol–water partition coefficient (Wildman–Crippen LogP) is 1.20. The summed E-state index contributed by atoms with van der Waals surface area (Å²) in [5.41, 5.74) is 6.73. The summed E-state index contributed by atoms with van der Waals surface area (Å²) in [5.74, 6) is -0.294. The second-order valence-corrected chi connectivity index (χ2v) is 3.10. The maximum absolute atomic E-state index is 13.2. The molecule has 0 aliphatic heterocycles. The summed E-state index contributed by atoms with van der Waals surface area (Å²) < 4.78 is 13.2. The second kappa shape index (κ2) is 4.14. The number of carbonyl (C=O) groups excluding carboxylic acids is 1. The summed E-state index contributed by atoms with van der Waals surface area (Å²) in [7, 11) is 0. The van der Waals surface area contributed by atoms with Gasteiger partial charge in [-0.25, -0.2) is 4.39 Å². The largest absolute Gasteiger partial charge is 0.321 e. The van der Waals surface area contributed by atoms with Crippen molar-refractivity contribution in [1.82, 2.24) is 0 Å². The molecular formula is C10H12FNO. The van der Waals surface area contributed by atoms with Gasteiger partial charge in [0.25, 0.3) is 0 Å². The molecular weight excluding hydrogens is 169 g/mol. The van der Waals surface area contributed by atoms with Gasteiger partial charge in [-0.1, -0.05) is 12.1 Å². The molecule has 0 amide bonds. The van der Waals surface area contributed by atoms with Crippen LogP contribution in [0.5, 0.6) is 0 Å². The fraction of sp³-hybridized carbons (Fsp3) is 0.300. The van der Waals surface area contributed by atoms with Crippen molar-refractivity contribution in [3.05, 3.63) is 35.1 Å². The van der Waals surface area contributed by atoms with Gasteiger partial charge in [-0.05, 0) is 30.5 Å². The minimum Gasteiger partial charge on any atom is -0.321 e. The van der Waals surface area contributed by atoms with Crippen molar-refractivity contribution in [2.75, 3.05) is 0 Å². The van der Waals surface area contributed by atoms with E-state index in [4.69, 9.17) is 5.73 Å². The number of hydrogen-bond donors (Lipinski definition) is 1. The van der Waals surface area contributed by atoms with Crippen molar-refractivity contribution in [3.63, 3.8) is 0 Å². The lowest BCUT2D eigenvalue weighted by atomic mass is 10.1. The molecule has 1 atom stereocenters. The van der Waals surface area contributed by atoms with Gasteiger partial charge < -0.3 is 10.5 Å². The van der Waals surface area contributed by atoms with Gasteiger partial charge in [-0.3, -0.25) is 0 Å². The van der Waals surface area contributed by atoms with Gasteiger partial charge in [0, 0.05) is 0 Å². The van der Waals surface area contributed by atoms with Crippen LogP contribution in [0.1, 0.15) is 11.1 Å². The molecule has 2 N–H and O–H groups in total. The number of aryl methyl sites for hydroxylation is 1. The molecule has 0 aromatic heterocycles. The first-order valence-corrected chi connectivity index (χ1v) is 4.09. The first-order valence-electron chi connectivity index (χ1n) is 4.09. The summed E-state index contributed by atoms with van der Waals surface area (Å²) in [5, 5.41) is 0. The third-order valence-corrected chi connectivity index (χ3v) is 1.84. The van der Waals surface area contributed by atoms with Crippen molar-refractivity contribution in [2.45, 2.75) is 19.4 Å². The minimum atomic E-state index is -0.614. The molecule has 2 nitrogen and oxygen atoms in total. The van der Waals surface area contributed by atoms with Crippen molar-refractivity contribution < 1.29 is 9.18 Å². The maximum Gasteiger partial charge on any atom is 0.137 e. The van der Waals surface area contributed by atoms with Gasteiger partial charge in [0.05, 0.1) is 6.04 Å². The number of aldehydes is 1. The third-order valence-electron chi connectivity index (χ3n) is 1.84. The Morgan fingerprint density at radius 1 is 1.62 bits per heavy atom. The van der Waals surface area contributed by atoms with Gasteiger partial charge in [0.2, 0.25) is 0 Å². The van der Waals surface area contributed by atoms with Crippen molar-refractivity contribution in [2.24, 2.45) is 5.73 Å². The molecule has 1 rings (SSSR count). The number of hydrogen-bond acceptors (Lipinski definition) is 2. The Labute approximate surface area is 76.6 Å². The lowest BCUT2D eigenvalue weighted by molar-refractivity contribution is -0.108. The predicted molar refractivity (Wildman–Crippen MR) is 48.9 cm³/mol. The zero-order valence-corrected chi connectivity index (χ0v) is 7.46. The van der Waals surface area contributed by atoms with E-state index in [-0.39, 0.29) is 12.2 Å². The zero-order chi connectivity index (χ0) is 9.84. The van der Waals surface area contributed by atoms with E-state index in [9.17, 15) is 9.18 Å². The van der Waals surface area contributed by atoms with Crippen molar-refractivity contribution >= 4 is 6.29 Å². The summed E-state index contributed by atoms with van der Waals surface area (Å²) in [6.45, 7) is 1.81. The van der Waals surface area contributed by atoms with E-state index in [2.05, 4.69) is 0 Å². The molecule has 0 saturated heterocycles. The molecule has 0 heterocycles. The molecule has 1 aromatic rings. The Bertz CT molecular complexity index is 312. The summed E-state index contributed by atoms with van der Waals surface area (Å²) >= 11 is 0. The van der Waals surface area contributed by atoms with Crippen LogP contribution in [0.15, 0.2) is 18.2 Å². The number of rotatable bonds is 3. The van der Waals surface area contributed by atoms with Crippen LogP contribution in [0.2, 0.25) is 0 Å². The molecule has 0 fully saturated rings. The molecule has 1 aromatic carbocycles. The SMILES string of the molecule is Cc1ccc(CC(N)C=O)c(F)c1. The second-order valence-electron chi connectivity index (χ2n) is 3.10. The molecule has 0 aliphatic rings. The Morgan fingerprint density at radius 3 is 2.85 bits per heavy atom. The highest BCUT2D eigenvalue weighted by molar-refractivity contribution is 5.57. The van der Waals surface area contributed by atoms with E-state index in [0.29, 0.717) is 11.8 Å². The molecule has 0 saturated carbocycles. The van der Waals surface area contributed by atoms with Crippen LogP contribution in [0.25, 0.3) is 0 Å². The highest BCUT2D eigenvalue weighted by Gasteiger charge is 2.06.